The summed E-state index contributed by atoms with van der Waals surface area (Å²) in [5.41, 5.74) is -2.26. The number of halogens is 3. The van der Waals surface area contributed by atoms with Gasteiger partial charge in [0.05, 0.1) is 23.9 Å². The number of nitriles is 1. The van der Waals surface area contributed by atoms with Crippen molar-refractivity contribution in [2.24, 2.45) is 0 Å². The summed E-state index contributed by atoms with van der Waals surface area (Å²) in [7, 11) is 1.43. The number of nitrogens with zero attached hydrogens (tertiary/aromatic N) is 3. The predicted octanol–water partition coefficient (Wildman–Crippen LogP) is 5.67. The molecule has 3 heterocycles. The van der Waals surface area contributed by atoms with Gasteiger partial charge >= 0.3 is 6.18 Å². The number of thiophene rings is 1. The molecule has 10 heteroatoms. The fraction of sp³-hybridized carbons (Fsp3) is 0.296. The summed E-state index contributed by atoms with van der Waals surface area (Å²) in [6, 6.07) is 13.2. The van der Waals surface area contributed by atoms with Crippen LogP contribution in [0.3, 0.4) is 0 Å². The Morgan fingerprint density at radius 2 is 1.86 bits per heavy atom. The molecule has 0 spiro atoms. The van der Waals surface area contributed by atoms with Crippen molar-refractivity contribution in [1.82, 2.24) is 9.55 Å². The SMILES string of the molecule is COc1ccc(-c2ccnc(C#N)c2)cc1C(C)(C)CC(O)(Cn1ccc(=O)c2sccc21)C(F)(F)F. The molecule has 3 aromatic heterocycles. The molecule has 0 aliphatic rings. The van der Waals surface area contributed by atoms with Crippen molar-refractivity contribution in [2.75, 3.05) is 7.11 Å². The maximum Gasteiger partial charge on any atom is 0.418 e. The first-order valence-electron chi connectivity index (χ1n) is 11.3. The fourth-order valence-electron chi connectivity index (χ4n) is 4.61. The zero-order valence-corrected chi connectivity index (χ0v) is 21.2. The molecule has 1 unspecified atom stereocenters. The quantitative estimate of drug-likeness (QED) is 0.335. The first kappa shape index (κ1) is 26.4. The molecular weight excluding hydrogens is 503 g/mol. The van der Waals surface area contributed by atoms with E-state index in [0.29, 0.717) is 32.7 Å². The second kappa shape index (κ2) is 9.65. The van der Waals surface area contributed by atoms with Gasteiger partial charge in [-0.1, -0.05) is 19.9 Å². The van der Waals surface area contributed by atoms with Gasteiger partial charge in [-0.15, -0.1) is 11.3 Å². The second-order valence-electron chi connectivity index (χ2n) is 9.49. The Hall–Kier alpha value is -3.68. The Morgan fingerprint density at radius 3 is 2.54 bits per heavy atom. The molecule has 0 saturated heterocycles. The number of pyridine rings is 2. The molecule has 1 N–H and O–H groups in total. The molecule has 1 aromatic carbocycles. The van der Waals surface area contributed by atoms with Gasteiger partial charge in [-0.25, -0.2) is 4.98 Å². The van der Waals surface area contributed by atoms with Crippen LogP contribution < -0.4 is 10.2 Å². The van der Waals surface area contributed by atoms with Gasteiger partial charge in [0.1, 0.15) is 17.5 Å². The third-order valence-electron chi connectivity index (χ3n) is 6.41. The van der Waals surface area contributed by atoms with Crippen LogP contribution in [-0.4, -0.2) is 33.5 Å². The molecule has 0 aliphatic carbocycles. The minimum Gasteiger partial charge on any atom is -0.496 e. The highest BCUT2D eigenvalue weighted by atomic mass is 32.1. The molecule has 0 aliphatic heterocycles. The molecule has 192 valence electrons. The number of benzene rings is 1. The van der Waals surface area contributed by atoms with Crippen LogP contribution in [0.1, 0.15) is 31.5 Å². The molecule has 0 saturated carbocycles. The zero-order chi connectivity index (χ0) is 27.0. The average Bonchev–Trinajstić information content (AvgIpc) is 3.36. The Balaban J connectivity index is 1.77. The van der Waals surface area contributed by atoms with Crippen molar-refractivity contribution in [1.29, 1.82) is 5.26 Å². The molecule has 0 amide bonds. The minimum absolute atomic E-state index is 0.210. The molecule has 37 heavy (non-hydrogen) atoms. The van der Waals surface area contributed by atoms with Gasteiger partial charge in [-0.05, 0) is 58.7 Å². The van der Waals surface area contributed by atoms with Gasteiger partial charge in [0.15, 0.2) is 11.0 Å². The third-order valence-corrected chi connectivity index (χ3v) is 7.33. The molecule has 0 radical (unpaired) electrons. The standard InChI is InChI=1S/C27H24F3N3O3S/c1-25(2,20-13-17(4-5-23(20)36-3)18-6-9-32-19(12-18)14-31)15-26(35,27(28,29)30)16-33-10-7-22(34)24-21(33)8-11-37-24/h4-13,35H,15-16H2,1-3H3. The summed E-state index contributed by atoms with van der Waals surface area (Å²) in [5.74, 6) is 0.372. The van der Waals surface area contributed by atoms with E-state index in [-0.39, 0.29) is 11.1 Å². The summed E-state index contributed by atoms with van der Waals surface area (Å²) in [4.78, 5) is 16.1. The van der Waals surface area contributed by atoms with E-state index in [0.717, 1.165) is 11.3 Å². The van der Waals surface area contributed by atoms with Gasteiger partial charge in [0, 0.05) is 24.0 Å². The Bertz CT molecular complexity index is 1550. The van der Waals surface area contributed by atoms with Gasteiger partial charge in [0.25, 0.3) is 0 Å². The number of aliphatic hydroxyl groups is 1. The van der Waals surface area contributed by atoms with E-state index in [9.17, 15) is 28.3 Å². The Kier molecular flexibility index (Phi) is 6.88. The van der Waals surface area contributed by atoms with Crippen LogP contribution in [-0.2, 0) is 12.0 Å². The Morgan fingerprint density at radius 1 is 1.14 bits per heavy atom. The third kappa shape index (κ3) is 5.10. The summed E-state index contributed by atoms with van der Waals surface area (Å²) in [6.07, 6.45) is -2.88. The number of hydrogen-bond acceptors (Lipinski definition) is 6. The maximum atomic E-state index is 14.5. The smallest absolute Gasteiger partial charge is 0.418 e. The average molecular weight is 528 g/mol. The fourth-order valence-corrected chi connectivity index (χ4v) is 5.43. The lowest BCUT2D eigenvalue weighted by Crippen LogP contribution is -2.52. The molecule has 4 rings (SSSR count). The molecule has 1 atom stereocenters. The van der Waals surface area contributed by atoms with E-state index in [1.807, 2.05) is 6.07 Å². The summed E-state index contributed by atoms with van der Waals surface area (Å²) in [6.45, 7) is 2.44. The number of aromatic nitrogens is 2. The van der Waals surface area contributed by atoms with Crippen molar-refractivity contribution in [2.45, 2.75) is 44.0 Å². The predicted molar refractivity (Wildman–Crippen MR) is 136 cm³/mol. The molecule has 4 aromatic rings. The van der Waals surface area contributed by atoms with Crippen LogP contribution in [0.25, 0.3) is 21.3 Å². The number of rotatable bonds is 7. The number of fused-ring (bicyclic) bond motifs is 1. The van der Waals surface area contributed by atoms with Crippen LogP contribution in [0, 0.1) is 11.3 Å². The topological polar surface area (TPSA) is 88.1 Å². The first-order chi connectivity index (χ1) is 17.4. The van der Waals surface area contributed by atoms with Gasteiger partial charge in [-0.3, -0.25) is 4.79 Å². The van der Waals surface area contributed by atoms with E-state index in [1.54, 1.807) is 55.6 Å². The van der Waals surface area contributed by atoms with Crippen molar-refractivity contribution >= 4 is 21.6 Å². The summed E-state index contributed by atoms with van der Waals surface area (Å²) >= 11 is 1.14. The van der Waals surface area contributed by atoms with Gasteiger partial charge in [0.2, 0.25) is 0 Å². The lowest BCUT2D eigenvalue weighted by molar-refractivity contribution is -0.271. The maximum absolute atomic E-state index is 14.5. The minimum atomic E-state index is -4.96. The van der Waals surface area contributed by atoms with E-state index < -0.39 is 30.2 Å². The highest BCUT2D eigenvalue weighted by Crippen LogP contribution is 2.45. The first-order valence-corrected chi connectivity index (χ1v) is 12.2. The lowest BCUT2D eigenvalue weighted by atomic mass is 9.73. The van der Waals surface area contributed by atoms with E-state index >= 15 is 0 Å². The lowest BCUT2D eigenvalue weighted by Gasteiger charge is -2.39. The van der Waals surface area contributed by atoms with E-state index in [1.165, 1.54) is 30.1 Å². The highest BCUT2D eigenvalue weighted by Gasteiger charge is 2.56. The number of methoxy groups -OCH3 is 1. The van der Waals surface area contributed by atoms with E-state index in [4.69, 9.17) is 4.74 Å². The summed E-state index contributed by atoms with van der Waals surface area (Å²) < 4.78 is 50.5. The molecule has 6 nitrogen and oxygen atoms in total. The van der Waals surface area contributed by atoms with Crippen LogP contribution >= 0.6 is 11.3 Å². The van der Waals surface area contributed by atoms with Crippen LogP contribution in [0.4, 0.5) is 13.2 Å². The van der Waals surface area contributed by atoms with Crippen molar-refractivity contribution < 1.29 is 23.0 Å². The van der Waals surface area contributed by atoms with Gasteiger partial charge < -0.3 is 14.4 Å². The monoisotopic (exact) mass is 527 g/mol. The molecule has 0 fully saturated rings. The van der Waals surface area contributed by atoms with Gasteiger partial charge in [-0.2, -0.15) is 18.4 Å². The molecule has 0 bridgehead atoms. The normalized spacial score (nSPS) is 13.8. The van der Waals surface area contributed by atoms with Crippen LogP contribution in [0.2, 0.25) is 0 Å². The van der Waals surface area contributed by atoms with Crippen molar-refractivity contribution in [3.05, 3.63) is 81.7 Å². The van der Waals surface area contributed by atoms with E-state index in [2.05, 4.69) is 4.98 Å². The Labute approximate surface area is 215 Å². The number of ether oxygens (including phenoxy) is 1. The van der Waals surface area contributed by atoms with Crippen molar-refractivity contribution in [3.8, 4) is 22.9 Å². The zero-order valence-electron chi connectivity index (χ0n) is 20.3. The largest absolute Gasteiger partial charge is 0.496 e. The second-order valence-corrected chi connectivity index (χ2v) is 10.4. The molecular formula is C27H24F3N3O3S. The number of alkyl halides is 3. The van der Waals surface area contributed by atoms with Crippen molar-refractivity contribution in [3.63, 3.8) is 0 Å². The van der Waals surface area contributed by atoms with Crippen LogP contribution in [0.5, 0.6) is 5.75 Å². The summed E-state index contributed by atoms with van der Waals surface area (Å²) in [5, 5.41) is 22.0. The number of hydrogen-bond donors (Lipinski definition) is 1. The highest BCUT2D eigenvalue weighted by molar-refractivity contribution is 7.17. The van der Waals surface area contributed by atoms with Crippen LogP contribution in [0.15, 0.2) is 65.0 Å².